The van der Waals surface area contributed by atoms with Crippen molar-refractivity contribution in [3.05, 3.63) is 28.0 Å². The van der Waals surface area contributed by atoms with E-state index in [0.29, 0.717) is 10.0 Å². The quantitative estimate of drug-likeness (QED) is 0.689. The smallest absolute Gasteiger partial charge is 0.157 e. The molecule has 2 heterocycles. The van der Waals surface area contributed by atoms with Crippen LogP contribution in [0.5, 0.6) is 0 Å². The molecule has 23 heavy (non-hydrogen) atoms. The average Bonchev–Trinajstić information content (AvgIpc) is 2.65. The number of imidazole rings is 1. The first-order valence-electron chi connectivity index (χ1n) is 8.16. The minimum Gasteiger partial charge on any atom is -0.365 e. The second-order valence-electron chi connectivity index (χ2n) is 8.10. The largest absolute Gasteiger partial charge is 0.365 e. The Morgan fingerprint density at radius 3 is 2.39 bits per heavy atom. The summed E-state index contributed by atoms with van der Waals surface area (Å²) in [6.45, 7) is 13.4. The summed E-state index contributed by atoms with van der Waals surface area (Å²) in [6, 6.07) is 1.74. The van der Waals surface area contributed by atoms with E-state index in [9.17, 15) is 0 Å². The molecule has 0 aliphatic heterocycles. The molecule has 1 N–H and O–H groups in total. The van der Waals surface area contributed by atoms with Crippen LogP contribution in [0, 0.1) is 5.41 Å². The fourth-order valence-corrected chi connectivity index (χ4v) is 3.87. The van der Waals surface area contributed by atoms with Crippen LogP contribution in [-0.4, -0.2) is 14.9 Å². The van der Waals surface area contributed by atoms with Crippen molar-refractivity contribution in [1.29, 1.82) is 0 Å². The molecule has 0 saturated carbocycles. The molecule has 2 aromatic rings. The highest BCUT2D eigenvalue weighted by Crippen LogP contribution is 2.33. The molecule has 0 aromatic carbocycles. The molecule has 0 amide bonds. The van der Waals surface area contributed by atoms with Crippen LogP contribution in [0.25, 0.3) is 5.65 Å². The Hall–Kier alpha value is -0.930. The molecule has 5 heteroatoms. The summed E-state index contributed by atoms with van der Waals surface area (Å²) in [4.78, 5) is 4.73. The van der Waals surface area contributed by atoms with Gasteiger partial charge in [-0.3, -0.25) is 4.40 Å². The number of rotatable bonds is 5. The van der Waals surface area contributed by atoms with Gasteiger partial charge in [0.25, 0.3) is 0 Å². The van der Waals surface area contributed by atoms with Crippen LogP contribution in [0.3, 0.4) is 0 Å². The van der Waals surface area contributed by atoms with Crippen molar-refractivity contribution in [2.24, 2.45) is 5.41 Å². The van der Waals surface area contributed by atoms with Gasteiger partial charge in [0, 0.05) is 11.7 Å². The van der Waals surface area contributed by atoms with Crippen LogP contribution < -0.4 is 5.32 Å². The number of aromatic nitrogens is 2. The van der Waals surface area contributed by atoms with E-state index in [1.165, 1.54) is 0 Å². The Morgan fingerprint density at radius 2 is 1.83 bits per heavy atom. The number of aryl methyl sites for hydroxylation is 1. The van der Waals surface area contributed by atoms with Crippen molar-refractivity contribution in [1.82, 2.24) is 9.38 Å². The number of fused-ring (bicyclic) bond motifs is 1. The molecular formula is C18H27Cl2N3. The van der Waals surface area contributed by atoms with Gasteiger partial charge in [0.1, 0.15) is 5.82 Å². The lowest BCUT2D eigenvalue weighted by Gasteiger charge is -2.34. The summed E-state index contributed by atoms with van der Waals surface area (Å²) in [5.41, 5.74) is 1.97. The molecule has 3 nitrogen and oxygen atoms in total. The van der Waals surface area contributed by atoms with Gasteiger partial charge in [-0.15, -0.1) is 0 Å². The van der Waals surface area contributed by atoms with Gasteiger partial charge in [-0.1, -0.05) is 57.3 Å². The zero-order valence-electron chi connectivity index (χ0n) is 14.9. The Morgan fingerprint density at radius 1 is 1.17 bits per heavy atom. The maximum atomic E-state index is 6.33. The number of pyridine rings is 1. The van der Waals surface area contributed by atoms with Crippen molar-refractivity contribution in [2.75, 3.05) is 5.32 Å². The Labute approximate surface area is 149 Å². The van der Waals surface area contributed by atoms with Gasteiger partial charge in [-0.2, -0.15) is 0 Å². The number of nitrogens with zero attached hydrogens (tertiary/aromatic N) is 2. The van der Waals surface area contributed by atoms with E-state index in [2.05, 4.69) is 46.9 Å². The van der Waals surface area contributed by atoms with E-state index in [1.807, 2.05) is 10.6 Å². The van der Waals surface area contributed by atoms with Crippen molar-refractivity contribution in [3.8, 4) is 0 Å². The van der Waals surface area contributed by atoms with E-state index in [4.69, 9.17) is 28.2 Å². The number of nitrogens with one attached hydrogen (secondary N) is 1. The van der Waals surface area contributed by atoms with Crippen molar-refractivity contribution >= 4 is 34.7 Å². The molecule has 128 valence electrons. The van der Waals surface area contributed by atoms with Crippen LogP contribution in [0.4, 0.5) is 5.82 Å². The molecule has 0 spiro atoms. The number of anilines is 1. The molecule has 0 aliphatic rings. The summed E-state index contributed by atoms with van der Waals surface area (Å²) in [6.07, 6.45) is 4.85. The summed E-state index contributed by atoms with van der Waals surface area (Å²) < 4.78 is 1.99. The van der Waals surface area contributed by atoms with Crippen LogP contribution >= 0.6 is 23.2 Å². The van der Waals surface area contributed by atoms with E-state index in [1.54, 1.807) is 6.07 Å². The second-order valence-corrected chi connectivity index (χ2v) is 8.95. The van der Waals surface area contributed by atoms with Gasteiger partial charge in [0.2, 0.25) is 0 Å². The lowest BCUT2D eigenvalue weighted by atomic mass is 9.82. The molecule has 2 rings (SSSR count). The summed E-state index contributed by atoms with van der Waals surface area (Å²) in [5, 5.41) is 4.88. The number of halogens is 2. The predicted molar refractivity (Wildman–Crippen MR) is 101 cm³/mol. The maximum absolute atomic E-state index is 6.33. The summed E-state index contributed by atoms with van der Waals surface area (Å²) in [7, 11) is 0. The van der Waals surface area contributed by atoms with Crippen molar-refractivity contribution < 1.29 is 0 Å². The minimum absolute atomic E-state index is 0.0640. The standard InChI is InChI=1S/C18H27Cl2N3/c1-7-8-14-16(22-18(5,6)11-17(2,3)4)23-10-12(19)9-13(20)15(23)21-14/h9-10,22H,7-8,11H2,1-6H3. The third-order valence-corrected chi connectivity index (χ3v) is 4.11. The SMILES string of the molecule is CCCc1nc2c(Cl)cc(Cl)cn2c1NC(C)(C)CC(C)(C)C. The third kappa shape index (κ3) is 4.54. The highest BCUT2D eigenvalue weighted by Gasteiger charge is 2.27. The highest BCUT2D eigenvalue weighted by atomic mass is 35.5. The second kappa shape index (κ2) is 6.52. The topological polar surface area (TPSA) is 29.3 Å². The molecule has 0 bridgehead atoms. The van der Waals surface area contributed by atoms with Crippen LogP contribution in [0.2, 0.25) is 10.0 Å². The molecule has 0 unspecified atom stereocenters. The first-order chi connectivity index (χ1) is 10.5. The number of hydrogen-bond donors (Lipinski definition) is 1. The van der Waals surface area contributed by atoms with E-state index in [-0.39, 0.29) is 11.0 Å². The maximum Gasteiger partial charge on any atom is 0.157 e. The Balaban J connectivity index is 2.51. The molecule has 0 aliphatic carbocycles. The fourth-order valence-electron chi connectivity index (χ4n) is 3.35. The van der Waals surface area contributed by atoms with E-state index >= 15 is 0 Å². The van der Waals surface area contributed by atoms with E-state index in [0.717, 1.165) is 36.4 Å². The third-order valence-electron chi connectivity index (χ3n) is 3.63. The van der Waals surface area contributed by atoms with Gasteiger partial charge in [0.05, 0.1) is 15.7 Å². The molecule has 0 fully saturated rings. The molecule has 2 aromatic heterocycles. The predicted octanol–water partition coefficient (Wildman–Crippen LogP) is 6.22. The zero-order valence-corrected chi connectivity index (χ0v) is 16.4. The van der Waals surface area contributed by atoms with Crippen LogP contribution in [-0.2, 0) is 6.42 Å². The molecule has 0 atom stereocenters. The van der Waals surface area contributed by atoms with Crippen molar-refractivity contribution in [3.63, 3.8) is 0 Å². The van der Waals surface area contributed by atoms with E-state index < -0.39 is 0 Å². The average molecular weight is 356 g/mol. The highest BCUT2D eigenvalue weighted by molar-refractivity contribution is 6.36. The van der Waals surface area contributed by atoms with Gasteiger partial charge in [0.15, 0.2) is 5.65 Å². The first-order valence-corrected chi connectivity index (χ1v) is 8.92. The molecular weight excluding hydrogens is 329 g/mol. The van der Waals surface area contributed by atoms with Gasteiger partial charge < -0.3 is 5.32 Å². The lowest BCUT2D eigenvalue weighted by Crippen LogP contribution is -2.36. The van der Waals surface area contributed by atoms with Crippen LogP contribution in [0.15, 0.2) is 12.3 Å². The Kier molecular flexibility index (Phi) is 5.22. The molecule has 0 saturated heterocycles. The monoisotopic (exact) mass is 355 g/mol. The fraction of sp³-hybridized carbons (Fsp3) is 0.611. The minimum atomic E-state index is -0.0640. The summed E-state index contributed by atoms with van der Waals surface area (Å²) >= 11 is 12.5. The Bertz CT molecular complexity index is 696. The molecule has 0 radical (unpaired) electrons. The van der Waals surface area contributed by atoms with Gasteiger partial charge in [-0.25, -0.2) is 4.98 Å². The van der Waals surface area contributed by atoms with Gasteiger partial charge in [-0.05, 0) is 38.2 Å². The van der Waals surface area contributed by atoms with Crippen LogP contribution in [0.1, 0.15) is 60.1 Å². The zero-order chi connectivity index (χ0) is 17.4. The lowest BCUT2D eigenvalue weighted by molar-refractivity contribution is 0.302. The van der Waals surface area contributed by atoms with Crippen molar-refractivity contribution in [2.45, 2.75) is 66.3 Å². The summed E-state index contributed by atoms with van der Waals surface area (Å²) in [5.74, 6) is 1.00. The van der Waals surface area contributed by atoms with Gasteiger partial charge >= 0.3 is 0 Å². The normalized spacial score (nSPS) is 12.9. The first kappa shape index (κ1) is 18.4. The number of hydrogen-bond acceptors (Lipinski definition) is 2.